The molecule has 0 spiro atoms. The minimum absolute atomic E-state index is 0.0806. The van der Waals surface area contributed by atoms with Crippen LogP contribution in [0.1, 0.15) is 233 Å². The quantitative estimate of drug-likeness (QED) is 0.0270. The summed E-state index contributed by atoms with van der Waals surface area (Å²) in [5.74, 6) is -0.916. The third kappa shape index (κ3) is 39.1. The van der Waals surface area contributed by atoms with E-state index in [9.17, 15) is 14.4 Å². The first-order valence-corrected chi connectivity index (χ1v) is 22.3. The molecule has 52 heavy (non-hydrogen) atoms. The lowest BCUT2D eigenvalue weighted by Crippen LogP contribution is -2.30. The average molecular weight is 733 g/mol. The highest BCUT2D eigenvalue weighted by atomic mass is 16.6. The van der Waals surface area contributed by atoms with Crippen molar-refractivity contribution in [3.8, 4) is 0 Å². The van der Waals surface area contributed by atoms with Gasteiger partial charge in [0.25, 0.3) is 0 Å². The van der Waals surface area contributed by atoms with Gasteiger partial charge >= 0.3 is 17.9 Å². The van der Waals surface area contributed by atoms with Gasteiger partial charge in [0.1, 0.15) is 13.2 Å². The fourth-order valence-corrected chi connectivity index (χ4v) is 6.36. The molecule has 0 rings (SSSR count). The van der Waals surface area contributed by atoms with Crippen molar-refractivity contribution in [2.75, 3.05) is 13.2 Å². The van der Waals surface area contributed by atoms with Gasteiger partial charge in [-0.15, -0.1) is 0 Å². The predicted octanol–water partition coefficient (Wildman–Crippen LogP) is 14.0. The second-order valence-corrected chi connectivity index (χ2v) is 14.9. The van der Waals surface area contributed by atoms with E-state index in [2.05, 4.69) is 45.1 Å². The zero-order valence-corrected chi connectivity index (χ0v) is 34.6. The van der Waals surface area contributed by atoms with E-state index in [1.54, 1.807) is 0 Å². The summed E-state index contributed by atoms with van der Waals surface area (Å²) < 4.78 is 16.6. The molecule has 0 aromatic carbocycles. The molecule has 1 unspecified atom stereocenters. The summed E-state index contributed by atoms with van der Waals surface area (Å²) in [4.78, 5) is 37.5. The molecule has 0 aromatic heterocycles. The molecule has 1 atom stereocenters. The van der Waals surface area contributed by atoms with Crippen LogP contribution in [0.15, 0.2) is 24.3 Å². The third-order valence-electron chi connectivity index (χ3n) is 9.72. The van der Waals surface area contributed by atoms with Crippen molar-refractivity contribution in [1.82, 2.24) is 0 Å². The van der Waals surface area contributed by atoms with Gasteiger partial charge in [-0.25, -0.2) is 0 Å². The van der Waals surface area contributed by atoms with Crippen molar-refractivity contribution in [3.05, 3.63) is 24.3 Å². The number of hydrogen-bond donors (Lipinski definition) is 0. The summed E-state index contributed by atoms with van der Waals surface area (Å²) in [7, 11) is 0. The normalized spacial score (nSPS) is 12.1. The van der Waals surface area contributed by atoms with E-state index >= 15 is 0 Å². The second kappa shape index (κ2) is 41.6. The SMILES string of the molecule is CC/C=C\C/C=C\CCCCC(=O)OC(COC(=O)CCCCCCCCCCC)COC(=O)CCCCCCCCCCCCCCCCCC. The molecule has 0 aromatic rings. The molecule has 0 aliphatic heterocycles. The zero-order valence-electron chi connectivity index (χ0n) is 34.6. The topological polar surface area (TPSA) is 78.9 Å². The molecular formula is C46H84O6. The van der Waals surface area contributed by atoms with Crippen LogP contribution in [0.25, 0.3) is 0 Å². The number of ether oxygens (including phenoxy) is 3. The van der Waals surface area contributed by atoms with E-state index in [0.717, 1.165) is 70.6 Å². The van der Waals surface area contributed by atoms with Crippen molar-refractivity contribution < 1.29 is 28.6 Å². The lowest BCUT2D eigenvalue weighted by molar-refractivity contribution is -0.167. The zero-order chi connectivity index (χ0) is 38.0. The number of esters is 3. The molecule has 0 radical (unpaired) electrons. The first-order valence-electron chi connectivity index (χ1n) is 22.3. The highest BCUT2D eigenvalue weighted by Gasteiger charge is 2.19. The summed E-state index contributed by atoms with van der Waals surface area (Å²) in [5, 5.41) is 0. The largest absolute Gasteiger partial charge is 0.462 e. The smallest absolute Gasteiger partial charge is 0.306 e. The van der Waals surface area contributed by atoms with E-state index in [4.69, 9.17) is 14.2 Å². The summed E-state index contributed by atoms with van der Waals surface area (Å²) in [6.45, 7) is 6.47. The maximum Gasteiger partial charge on any atom is 0.306 e. The van der Waals surface area contributed by atoms with Crippen LogP contribution < -0.4 is 0 Å². The lowest BCUT2D eigenvalue weighted by Gasteiger charge is -2.18. The van der Waals surface area contributed by atoms with Gasteiger partial charge < -0.3 is 14.2 Å². The van der Waals surface area contributed by atoms with Crippen molar-refractivity contribution in [1.29, 1.82) is 0 Å². The number of rotatable bonds is 40. The van der Waals surface area contributed by atoms with Gasteiger partial charge in [-0.05, 0) is 44.9 Å². The summed E-state index contributed by atoms with van der Waals surface area (Å²) >= 11 is 0. The Bertz CT molecular complexity index is 850. The monoisotopic (exact) mass is 733 g/mol. The Hall–Kier alpha value is -2.11. The molecule has 304 valence electrons. The number of carbonyl (C=O) groups excluding carboxylic acids is 3. The van der Waals surface area contributed by atoms with E-state index in [1.807, 2.05) is 0 Å². The first kappa shape index (κ1) is 49.9. The summed E-state index contributed by atoms with van der Waals surface area (Å²) in [5.41, 5.74) is 0. The third-order valence-corrected chi connectivity index (χ3v) is 9.72. The van der Waals surface area contributed by atoms with Crippen LogP contribution >= 0.6 is 0 Å². The van der Waals surface area contributed by atoms with Gasteiger partial charge in [-0.1, -0.05) is 193 Å². The molecule has 0 amide bonds. The molecule has 0 aliphatic rings. The number of carbonyl (C=O) groups is 3. The highest BCUT2D eigenvalue weighted by Crippen LogP contribution is 2.15. The van der Waals surface area contributed by atoms with Crippen molar-refractivity contribution in [2.24, 2.45) is 0 Å². The Balaban J connectivity index is 4.28. The number of hydrogen-bond acceptors (Lipinski definition) is 6. The van der Waals surface area contributed by atoms with Gasteiger partial charge in [0, 0.05) is 19.3 Å². The Morgan fingerprint density at radius 3 is 1.15 bits per heavy atom. The fourth-order valence-electron chi connectivity index (χ4n) is 6.36. The molecule has 0 saturated heterocycles. The maximum atomic E-state index is 12.6. The van der Waals surface area contributed by atoms with Gasteiger partial charge in [0.2, 0.25) is 0 Å². The highest BCUT2D eigenvalue weighted by molar-refractivity contribution is 5.71. The van der Waals surface area contributed by atoms with Crippen LogP contribution in [0.4, 0.5) is 0 Å². The molecule has 0 saturated carbocycles. The number of allylic oxidation sites excluding steroid dienone is 4. The fraction of sp³-hybridized carbons (Fsp3) is 0.848. The lowest BCUT2D eigenvalue weighted by atomic mass is 10.0. The molecule has 0 aliphatic carbocycles. The predicted molar refractivity (Wildman–Crippen MR) is 219 cm³/mol. The van der Waals surface area contributed by atoms with Crippen LogP contribution in [-0.4, -0.2) is 37.2 Å². The van der Waals surface area contributed by atoms with Crippen LogP contribution in [0.2, 0.25) is 0 Å². The van der Waals surface area contributed by atoms with Crippen molar-refractivity contribution in [3.63, 3.8) is 0 Å². The van der Waals surface area contributed by atoms with Gasteiger partial charge in [-0.2, -0.15) is 0 Å². The van der Waals surface area contributed by atoms with Crippen molar-refractivity contribution >= 4 is 17.9 Å². The molecule has 6 nitrogen and oxygen atoms in total. The molecule has 0 fully saturated rings. The second-order valence-electron chi connectivity index (χ2n) is 14.9. The van der Waals surface area contributed by atoms with Gasteiger partial charge in [-0.3, -0.25) is 14.4 Å². The molecular weight excluding hydrogens is 649 g/mol. The van der Waals surface area contributed by atoms with E-state index < -0.39 is 6.10 Å². The molecule has 0 N–H and O–H groups in total. The Morgan fingerprint density at radius 2 is 0.750 bits per heavy atom. The van der Waals surface area contributed by atoms with E-state index in [-0.39, 0.29) is 31.1 Å². The van der Waals surface area contributed by atoms with Gasteiger partial charge in [0.15, 0.2) is 6.10 Å². The summed E-state index contributed by atoms with van der Waals surface area (Å²) in [6, 6.07) is 0. The minimum atomic E-state index is -0.778. The number of unbranched alkanes of at least 4 members (excludes halogenated alkanes) is 25. The minimum Gasteiger partial charge on any atom is -0.462 e. The van der Waals surface area contributed by atoms with Crippen molar-refractivity contribution in [2.45, 2.75) is 239 Å². The standard InChI is InChI=1S/C46H84O6/c1-4-7-10-13-16-19-20-21-22-23-24-25-28-30-33-36-39-45(48)51-42-43(52-46(49)40-37-34-31-27-18-15-12-9-6-3)41-50-44(47)38-35-32-29-26-17-14-11-8-5-2/h9,12,18,27,43H,4-8,10-11,13-17,19-26,28-42H2,1-3H3/b12-9-,27-18-. The average Bonchev–Trinajstić information content (AvgIpc) is 3.14. The Labute approximate surface area is 322 Å². The van der Waals surface area contributed by atoms with Crippen LogP contribution in [0.3, 0.4) is 0 Å². The Kier molecular flexibility index (Phi) is 40.0. The van der Waals surface area contributed by atoms with Crippen LogP contribution in [-0.2, 0) is 28.6 Å². The molecule has 0 heterocycles. The van der Waals surface area contributed by atoms with E-state index in [1.165, 1.54) is 122 Å². The molecule has 0 bridgehead atoms. The van der Waals surface area contributed by atoms with Gasteiger partial charge in [0.05, 0.1) is 0 Å². The Morgan fingerprint density at radius 1 is 0.404 bits per heavy atom. The summed E-state index contributed by atoms with van der Waals surface area (Å²) in [6.07, 6.45) is 44.6. The van der Waals surface area contributed by atoms with Crippen LogP contribution in [0, 0.1) is 0 Å². The first-order chi connectivity index (χ1) is 25.5. The molecule has 6 heteroatoms. The van der Waals surface area contributed by atoms with Crippen LogP contribution in [0.5, 0.6) is 0 Å². The van der Waals surface area contributed by atoms with E-state index in [0.29, 0.717) is 19.3 Å². The maximum absolute atomic E-state index is 12.6.